The van der Waals surface area contributed by atoms with Crippen molar-refractivity contribution in [2.24, 2.45) is 0 Å². The van der Waals surface area contributed by atoms with Crippen molar-refractivity contribution >= 4 is 11.8 Å². The third kappa shape index (κ3) is 3.81. The molecule has 2 amide bonds. The van der Waals surface area contributed by atoms with E-state index in [1.807, 2.05) is 41.3 Å². The van der Waals surface area contributed by atoms with E-state index in [4.69, 9.17) is 4.74 Å². The Balaban J connectivity index is 1.30. The topological polar surface area (TPSA) is 61.9 Å². The lowest BCUT2D eigenvalue weighted by molar-refractivity contribution is -0.134. The van der Waals surface area contributed by atoms with Crippen molar-refractivity contribution in [3.05, 3.63) is 65.7 Å². The number of hydrogen-bond donors (Lipinski definition) is 1. The van der Waals surface area contributed by atoms with Gasteiger partial charge in [0, 0.05) is 37.5 Å². The van der Waals surface area contributed by atoms with Crippen molar-refractivity contribution in [3.63, 3.8) is 0 Å². The summed E-state index contributed by atoms with van der Waals surface area (Å²) in [5.41, 5.74) is 1.49. The number of ether oxygens (including phenoxy) is 1. The van der Waals surface area contributed by atoms with E-state index in [2.05, 4.69) is 22.3 Å². The fourth-order valence-electron chi connectivity index (χ4n) is 5.09. The minimum absolute atomic E-state index is 0.0249. The molecule has 2 aromatic carbocycles. The van der Waals surface area contributed by atoms with Gasteiger partial charge in [-0.1, -0.05) is 36.4 Å². The molecule has 6 heteroatoms. The highest BCUT2D eigenvalue weighted by atomic mass is 16.5. The van der Waals surface area contributed by atoms with Gasteiger partial charge in [0.05, 0.1) is 18.8 Å². The van der Waals surface area contributed by atoms with Crippen LogP contribution in [0.15, 0.2) is 54.6 Å². The molecule has 6 nitrogen and oxygen atoms in total. The molecule has 0 unspecified atom stereocenters. The molecule has 1 saturated carbocycles. The molecule has 162 valence electrons. The summed E-state index contributed by atoms with van der Waals surface area (Å²) in [6, 6.07) is 17.7. The number of hydrogen-bond acceptors (Lipinski definition) is 4. The normalized spacial score (nSPS) is 22.7. The highest BCUT2D eigenvalue weighted by Gasteiger charge is 2.56. The Bertz CT molecular complexity index is 965. The van der Waals surface area contributed by atoms with Crippen LogP contribution < -0.4 is 10.1 Å². The van der Waals surface area contributed by atoms with E-state index in [-0.39, 0.29) is 23.5 Å². The summed E-state index contributed by atoms with van der Waals surface area (Å²) in [6.07, 6.45) is 4.39. The number of benzene rings is 2. The predicted molar refractivity (Wildman–Crippen MR) is 118 cm³/mol. The standard InChI is InChI=1S/C25H29N3O3/c1-31-21-9-5-8-19(17-21)23(29)27-14-12-25(13-15-27)26-22(16-18-6-3-2-4-7-18)24(30)28(25)20-10-11-20/h2-9,17,20,22,26H,10-16H2,1H3/t22-/m0/s1. The number of methoxy groups -OCH3 is 1. The van der Waals surface area contributed by atoms with Crippen molar-refractivity contribution in [2.45, 2.75) is 49.9 Å². The number of carbonyl (C=O) groups excluding carboxylic acids is 2. The molecular weight excluding hydrogens is 390 g/mol. The molecule has 1 N–H and O–H groups in total. The van der Waals surface area contributed by atoms with Crippen molar-refractivity contribution in [2.75, 3.05) is 20.2 Å². The number of carbonyl (C=O) groups is 2. The Morgan fingerprint density at radius 1 is 1.10 bits per heavy atom. The van der Waals surface area contributed by atoms with Crippen molar-refractivity contribution in [1.82, 2.24) is 15.1 Å². The summed E-state index contributed by atoms with van der Waals surface area (Å²) in [6.45, 7) is 1.27. The molecule has 5 rings (SSSR count). The van der Waals surface area contributed by atoms with Gasteiger partial charge < -0.3 is 14.5 Å². The highest BCUT2D eigenvalue weighted by Crippen LogP contribution is 2.41. The zero-order valence-corrected chi connectivity index (χ0v) is 17.9. The van der Waals surface area contributed by atoms with Crippen LogP contribution in [0.3, 0.4) is 0 Å². The first-order chi connectivity index (χ1) is 15.1. The summed E-state index contributed by atoms with van der Waals surface area (Å²) in [7, 11) is 1.61. The Morgan fingerprint density at radius 3 is 2.52 bits per heavy atom. The maximum Gasteiger partial charge on any atom is 0.253 e. The molecule has 0 aromatic heterocycles. The van der Waals surface area contributed by atoms with E-state index >= 15 is 0 Å². The van der Waals surface area contributed by atoms with Crippen LogP contribution in [0.2, 0.25) is 0 Å². The summed E-state index contributed by atoms with van der Waals surface area (Å²) in [5, 5.41) is 3.71. The molecule has 0 radical (unpaired) electrons. The van der Waals surface area contributed by atoms with Crippen LogP contribution in [-0.4, -0.2) is 59.6 Å². The van der Waals surface area contributed by atoms with Gasteiger partial charge in [0.25, 0.3) is 5.91 Å². The van der Waals surface area contributed by atoms with Gasteiger partial charge in [-0.2, -0.15) is 0 Å². The largest absolute Gasteiger partial charge is 0.497 e. The number of likely N-dealkylation sites (tertiary alicyclic amines) is 1. The molecule has 0 bridgehead atoms. The molecule has 3 fully saturated rings. The highest BCUT2D eigenvalue weighted by molar-refractivity contribution is 5.94. The quantitative estimate of drug-likeness (QED) is 0.810. The zero-order chi connectivity index (χ0) is 21.4. The first kappa shape index (κ1) is 20.1. The smallest absolute Gasteiger partial charge is 0.253 e. The van der Waals surface area contributed by atoms with Crippen molar-refractivity contribution in [3.8, 4) is 5.75 Å². The van der Waals surface area contributed by atoms with Crippen LogP contribution >= 0.6 is 0 Å². The Hall–Kier alpha value is -2.86. The van der Waals surface area contributed by atoms with Gasteiger partial charge in [-0.15, -0.1) is 0 Å². The van der Waals surface area contributed by atoms with Crippen LogP contribution in [0.5, 0.6) is 5.75 Å². The van der Waals surface area contributed by atoms with Crippen molar-refractivity contribution in [1.29, 1.82) is 0 Å². The third-order valence-corrected chi connectivity index (χ3v) is 6.83. The molecular formula is C25H29N3O3. The second kappa shape index (κ2) is 8.00. The monoisotopic (exact) mass is 419 g/mol. The van der Waals surface area contributed by atoms with Crippen LogP contribution in [0.4, 0.5) is 0 Å². The average molecular weight is 420 g/mol. The van der Waals surface area contributed by atoms with Gasteiger partial charge in [-0.25, -0.2) is 0 Å². The van der Waals surface area contributed by atoms with Gasteiger partial charge in [0.15, 0.2) is 0 Å². The Morgan fingerprint density at radius 2 is 1.84 bits per heavy atom. The summed E-state index contributed by atoms with van der Waals surface area (Å²) >= 11 is 0. The number of nitrogens with zero attached hydrogens (tertiary/aromatic N) is 2. The summed E-state index contributed by atoms with van der Waals surface area (Å²) in [4.78, 5) is 30.4. The average Bonchev–Trinajstić information content (AvgIpc) is 3.60. The minimum Gasteiger partial charge on any atom is -0.497 e. The lowest BCUT2D eigenvalue weighted by Crippen LogP contribution is -2.60. The van der Waals surface area contributed by atoms with E-state index in [0.717, 1.165) is 25.7 Å². The summed E-state index contributed by atoms with van der Waals surface area (Å²) in [5.74, 6) is 0.932. The van der Waals surface area contributed by atoms with Crippen LogP contribution in [-0.2, 0) is 11.2 Å². The molecule has 2 heterocycles. The number of amides is 2. The Kier molecular flexibility index (Phi) is 5.18. The van der Waals surface area contributed by atoms with E-state index in [0.29, 0.717) is 36.9 Å². The molecule has 3 aliphatic rings. The van der Waals surface area contributed by atoms with Crippen LogP contribution in [0, 0.1) is 0 Å². The van der Waals surface area contributed by atoms with Gasteiger partial charge in [0.1, 0.15) is 5.75 Å². The lowest BCUT2D eigenvalue weighted by atomic mass is 9.95. The second-order valence-corrected chi connectivity index (χ2v) is 8.88. The minimum atomic E-state index is -0.331. The Labute approximate surface area is 183 Å². The number of rotatable bonds is 5. The second-order valence-electron chi connectivity index (χ2n) is 8.88. The van der Waals surface area contributed by atoms with E-state index in [9.17, 15) is 9.59 Å². The SMILES string of the molecule is COc1cccc(C(=O)N2CCC3(CC2)N[C@@H](Cc2ccccc2)C(=O)N3C2CC2)c1. The third-order valence-electron chi connectivity index (χ3n) is 6.83. The van der Waals surface area contributed by atoms with Crippen LogP contribution in [0.25, 0.3) is 0 Å². The lowest BCUT2D eigenvalue weighted by Gasteiger charge is -2.45. The van der Waals surface area contributed by atoms with Gasteiger partial charge in [-0.3, -0.25) is 14.9 Å². The molecule has 1 spiro atoms. The van der Waals surface area contributed by atoms with E-state index in [1.54, 1.807) is 13.2 Å². The maximum atomic E-state index is 13.3. The van der Waals surface area contributed by atoms with E-state index in [1.165, 1.54) is 5.56 Å². The number of piperidine rings is 1. The molecule has 1 aliphatic carbocycles. The zero-order valence-electron chi connectivity index (χ0n) is 17.9. The van der Waals surface area contributed by atoms with Gasteiger partial charge >= 0.3 is 0 Å². The molecule has 31 heavy (non-hydrogen) atoms. The first-order valence-corrected chi connectivity index (χ1v) is 11.2. The van der Waals surface area contributed by atoms with Crippen molar-refractivity contribution < 1.29 is 14.3 Å². The molecule has 2 aromatic rings. The maximum absolute atomic E-state index is 13.3. The molecule has 1 atom stereocenters. The molecule has 2 saturated heterocycles. The fraction of sp³-hybridized carbons (Fsp3) is 0.440. The van der Waals surface area contributed by atoms with E-state index < -0.39 is 0 Å². The predicted octanol–water partition coefficient (Wildman–Crippen LogP) is 2.83. The van der Waals surface area contributed by atoms with Crippen LogP contribution in [0.1, 0.15) is 41.6 Å². The number of nitrogens with one attached hydrogen (secondary N) is 1. The molecule has 2 aliphatic heterocycles. The fourth-order valence-corrected chi connectivity index (χ4v) is 5.09. The van der Waals surface area contributed by atoms with Gasteiger partial charge in [0.2, 0.25) is 5.91 Å². The first-order valence-electron chi connectivity index (χ1n) is 11.2. The summed E-state index contributed by atoms with van der Waals surface area (Å²) < 4.78 is 5.26. The van der Waals surface area contributed by atoms with Gasteiger partial charge in [-0.05, 0) is 43.0 Å².